The second-order valence-electron chi connectivity index (χ2n) is 5.33. The summed E-state index contributed by atoms with van der Waals surface area (Å²) in [5.74, 6) is -0.325. The zero-order valence-corrected chi connectivity index (χ0v) is 11.3. The van der Waals surface area contributed by atoms with Gasteiger partial charge >= 0.3 is 6.03 Å². The molecule has 5 nitrogen and oxygen atoms in total. The molecule has 3 rings (SSSR count). The molecule has 2 heterocycles. The van der Waals surface area contributed by atoms with E-state index in [4.69, 9.17) is 0 Å². The van der Waals surface area contributed by atoms with Crippen LogP contribution in [0.25, 0.3) is 0 Å². The average molecular weight is 279 g/mol. The first kappa shape index (κ1) is 13.2. The molecule has 0 aromatic heterocycles. The van der Waals surface area contributed by atoms with Crippen LogP contribution >= 0.6 is 0 Å². The van der Waals surface area contributed by atoms with E-state index in [0.29, 0.717) is 37.4 Å². The molecule has 108 valence electrons. The van der Waals surface area contributed by atoms with Gasteiger partial charge in [-0.1, -0.05) is 12.1 Å². The fourth-order valence-electron chi connectivity index (χ4n) is 3.01. The number of anilines is 1. The average Bonchev–Trinajstić information content (AvgIpc) is 2.79. The Morgan fingerprint density at radius 3 is 3.00 bits per heavy atom. The SMILES string of the molecule is C[C@@H](O)c1cccc(F)c1N1CCN2C(=O)NCC2C1. The maximum Gasteiger partial charge on any atom is 0.317 e. The fraction of sp³-hybridized carbons (Fsp3) is 0.500. The maximum atomic E-state index is 14.2. The van der Waals surface area contributed by atoms with Crippen molar-refractivity contribution >= 4 is 11.7 Å². The molecule has 1 aromatic carbocycles. The van der Waals surface area contributed by atoms with Gasteiger partial charge in [0.1, 0.15) is 5.82 Å². The van der Waals surface area contributed by atoms with Gasteiger partial charge in [-0.05, 0) is 13.0 Å². The fourth-order valence-corrected chi connectivity index (χ4v) is 3.01. The number of aliphatic hydroxyl groups excluding tert-OH is 1. The van der Waals surface area contributed by atoms with E-state index in [-0.39, 0.29) is 17.9 Å². The van der Waals surface area contributed by atoms with Gasteiger partial charge in [0.25, 0.3) is 0 Å². The van der Waals surface area contributed by atoms with Crippen LogP contribution in [0.5, 0.6) is 0 Å². The van der Waals surface area contributed by atoms with Crippen LogP contribution in [0.3, 0.4) is 0 Å². The van der Waals surface area contributed by atoms with Crippen molar-refractivity contribution < 1.29 is 14.3 Å². The van der Waals surface area contributed by atoms with Crippen molar-refractivity contribution in [2.45, 2.75) is 19.1 Å². The van der Waals surface area contributed by atoms with Crippen LogP contribution in [-0.4, -0.2) is 48.3 Å². The molecular formula is C14H18FN3O2. The number of benzene rings is 1. The number of amides is 2. The molecule has 1 unspecified atom stereocenters. The molecule has 2 saturated heterocycles. The second kappa shape index (κ2) is 4.94. The van der Waals surface area contributed by atoms with E-state index in [0.717, 1.165) is 0 Å². The number of carbonyl (C=O) groups excluding carboxylic acids is 1. The molecule has 0 aliphatic carbocycles. The van der Waals surface area contributed by atoms with E-state index < -0.39 is 6.10 Å². The predicted octanol–water partition coefficient (Wildman–Crippen LogP) is 1.09. The van der Waals surface area contributed by atoms with E-state index in [9.17, 15) is 14.3 Å². The Labute approximate surface area is 117 Å². The van der Waals surface area contributed by atoms with Crippen LogP contribution in [-0.2, 0) is 0 Å². The number of aliphatic hydroxyl groups is 1. The third-order valence-electron chi connectivity index (χ3n) is 4.02. The quantitative estimate of drug-likeness (QED) is 0.852. The number of carbonyl (C=O) groups is 1. The van der Waals surface area contributed by atoms with Crippen molar-refractivity contribution in [3.63, 3.8) is 0 Å². The maximum absolute atomic E-state index is 14.2. The lowest BCUT2D eigenvalue weighted by atomic mass is 10.0. The zero-order valence-electron chi connectivity index (χ0n) is 11.3. The van der Waals surface area contributed by atoms with Crippen LogP contribution in [0, 0.1) is 5.82 Å². The minimum absolute atomic E-state index is 0.0427. The topological polar surface area (TPSA) is 55.8 Å². The Morgan fingerprint density at radius 2 is 2.25 bits per heavy atom. The van der Waals surface area contributed by atoms with Crippen LogP contribution < -0.4 is 10.2 Å². The van der Waals surface area contributed by atoms with E-state index >= 15 is 0 Å². The molecular weight excluding hydrogens is 261 g/mol. The first-order chi connectivity index (χ1) is 9.58. The summed E-state index contributed by atoms with van der Waals surface area (Å²) in [6, 6.07) is 4.79. The lowest BCUT2D eigenvalue weighted by Gasteiger charge is -2.39. The minimum atomic E-state index is -0.720. The van der Waals surface area contributed by atoms with Crippen LogP contribution in [0.1, 0.15) is 18.6 Å². The molecule has 2 aliphatic rings. The predicted molar refractivity (Wildman–Crippen MR) is 73.1 cm³/mol. The Balaban J connectivity index is 1.89. The van der Waals surface area contributed by atoms with Crippen molar-refractivity contribution in [2.75, 3.05) is 31.1 Å². The van der Waals surface area contributed by atoms with Crippen molar-refractivity contribution in [3.05, 3.63) is 29.6 Å². The summed E-state index contributed by atoms with van der Waals surface area (Å²) in [6.45, 7) is 3.96. The lowest BCUT2D eigenvalue weighted by Crippen LogP contribution is -2.52. The molecule has 2 fully saturated rings. The van der Waals surface area contributed by atoms with Gasteiger partial charge in [0.05, 0.1) is 17.8 Å². The van der Waals surface area contributed by atoms with E-state index in [2.05, 4.69) is 5.32 Å². The molecule has 2 atom stereocenters. The summed E-state index contributed by atoms with van der Waals surface area (Å²) in [5, 5.41) is 12.6. The Hall–Kier alpha value is -1.82. The van der Waals surface area contributed by atoms with Gasteiger partial charge in [-0.15, -0.1) is 0 Å². The molecule has 0 radical (unpaired) electrons. The van der Waals surface area contributed by atoms with Crippen LogP contribution in [0.2, 0.25) is 0 Å². The third-order valence-corrected chi connectivity index (χ3v) is 4.02. The highest BCUT2D eigenvalue weighted by atomic mass is 19.1. The summed E-state index contributed by atoms with van der Waals surface area (Å²) < 4.78 is 14.2. The number of hydrogen-bond acceptors (Lipinski definition) is 3. The van der Waals surface area contributed by atoms with Crippen molar-refractivity contribution in [3.8, 4) is 0 Å². The van der Waals surface area contributed by atoms with Crippen molar-refractivity contribution in [2.24, 2.45) is 0 Å². The summed E-state index contributed by atoms with van der Waals surface area (Å²) in [4.78, 5) is 15.3. The number of para-hydroxylation sites is 1. The molecule has 0 bridgehead atoms. The van der Waals surface area contributed by atoms with E-state index in [1.807, 2.05) is 4.90 Å². The Bertz CT molecular complexity index is 535. The van der Waals surface area contributed by atoms with Crippen molar-refractivity contribution in [1.82, 2.24) is 10.2 Å². The number of fused-ring (bicyclic) bond motifs is 1. The number of piperazine rings is 1. The molecule has 2 amide bonds. The first-order valence-electron chi connectivity index (χ1n) is 6.84. The molecule has 20 heavy (non-hydrogen) atoms. The zero-order chi connectivity index (χ0) is 14.3. The number of nitrogens with one attached hydrogen (secondary N) is 1. The van der Waals surface area contributed by atoms with Crippen LogP contribution in [0.15, 0.2) is 18.2 Å². The molecule has 1 aromatic rings. The van der Waals surface area contributed by atoms with E-state index in [1.165, 1.54) is 6.07 Å². The number of halogens is 1. The summed E-state index contributed by atoms with van der Waals surface area (Å²) in [6.07, 6.45) is -0.720. The Kier molecular flexibility index (Phi) is 3.25. The number of urea groups is 1. The van der Waals surface area contributed by atoms with Gasteiger partial charge in [0, 0.05) is 31.7 Å². The smallest absolute Gasteiger partial charge is 0.317 e. The molecule has 0 saturated carbocycles. The van der Waals surface area contributed by atoms with Gasteiger partial charge in [0.15, 0.2) is 0 Å². The standard InChI is InChI=1S/C14H18FN3O2/c1-9(19)11-3-2-4-12(15)13(11)17-5-6-18-10(8-17)7-16-14(18)20/h2-4,9-10,19H,5-8H2,1H3,(H,16,20)/t9-,10?/m1/s1. The normalized spacial score (nSPS) is 23.6. The lowest BCUT2D eigenvalue weighted by molar-refractivity contribution is 0.193. The highest BCUT2D eigenvalue weighted by Crippen LogP contribution is 2.31. The first-order valence-corrected chi connectivity index (χ1v) is 6.84. The summed E-state index contributed by atoms with van der Waals surface area (Å²) in [5.41, 5.74) is 1.05. The number of hydrogen-bond donors (Lipinski definition) is 2. The molecule has 2 N–H and O–H groups in total. The highest BCUT2D eigenvalue weighted by Gasteiger charge is 2.36. The van der Waals surface area contributed by atoms with Gasteiger partial charge in [-0.3, -0.25) is 0 Å². The van der Waals surface area contributed by atoms with Crippen molar-refractivity contribution in [1.29, 1.82) is 0 Å². The van der Waals surface area contributed by atoms with Crippen LogP contribution in [0.4, 0.5) is 14.9 Å². The summed E-state index contributed by atoms with van der Waals surface area (Å²) in [7, 11) is 0. The molecule has 6 heteroatoms. The van der Waals surface area contributed by atoms with Gasteiger partial charge < -0.3 is 20.2 Å². The van der Waals surface area contributed by atoms with Gasteiger partial charge in [-0.25, -0.2) is 9.18 Å². The minimum Gasteiger partial charge on any atom is -0.389 e. The Morgan fingerprint density at radius 1 is 1.45 bits per heavy atom. The van der Waals surface area contributed by atoms with Gasteiger partial charge in [0.2, 0.25) is 0 Å². The van der Waals surface area contributed by atoms with Gasteiger partial charge in [-0.2, -0.15) is 0 Å². The molecule has 0 spiro atoms. The van der Waals surface area contributed by atoms with E-state index in [1.54, 1.807) is 24.0 Å². The summed E-state index contributed by atoms with van der Waals surface area (Å²) >= 11 is 0. The number of rotatable bonds is 2. The monoisotopic (exact) mass is 279 g/mol. The highest BCUT2D eigenvalue weighted by molar-refractivity contribution is 5.77. The largest absolute Gasteiger partial charge is 0.389 e. The third kappa shape index (κ3) is 2.10. The number of nitrogens with zero attached hydrogens (tertiary/aromatic N) is 2. The second-order valence-corrected chi connectivity index (χ2v) is 5.33. The molecule has 2 aliphatic heterocycles.